The summed E-state index contributed by atoms with van der Waals surface area (Å²) in [6.45, 7) is 3.45. The molecule has 15 heavy (non-hydrogen) atoms. The highest BCUT2D eigenvalue weighted by Crippen LogP contribution is 2.11. The summed E-state index contributed by atoms with van der Waals surface area (Å²) in [6.07, 6.45) is 0.161. The monoisotopic (exact) mass is 224 g/mol. The van der Waals surface area contributed by atoms with E-state index >= 15 is 0 Å². The fourth-order valence-electron chi connectivity index (χ4n) is 1.20. The zero-order chi connectivity index (χ0) is 11.4. The van der Waals surface area contributed by atoms with Gasteiger partial charge < -0.3 is 0 Å². The van der Waals surface area contributed by atoms with Gasteiger partial charge in [0.25, 0.3) is 0 Å². The lowest BCUT2D eigenvalue weighted by Gasteiger charge is -2.03. The van der Waals surface area contributed by atoms with Crippen LogP contribution >= 0.6 is 11.6 Å². The molecule has 0 saturated heterocycles. The molecule has 1 aromatic carbocycles. The summed E-state index contributed by atoms with van der Waals surface area (Å²) in [5.74, 6) is -0.887. The van der Waals surface area contributed by atoms with Crippen LogP contribution in [0.4, 0.5) is 0 Å². The second-order valence-corrected chi connectivity index (χ2v) is 4.18. The largest absolute Gasteiger partial charge is 0.291 e. The third kappa shape index (κ3) is 3.48. The van der Waals surface area contributed by atoms with Gasteiger partial charge in [-0.2, -0.15) is 0 Å². The van der Waals surface area contributed by atoms with Crippen molar-refractivity contribution in [3.05, 3.63) is 34.9 Å². The van der Waals surface area contributed by atoms with Gasteiger partial charge in [0, 0.05) is 17.4 Å². The van der Waals surface area contributed by atoms with Crippen molar-refractivity contribution in [2.45, 2.75) is 20.3 Å². The number of Topliss-reactive ketones (excluding diaryl/α,β-unsaturated/α-hetero) is 2. The molecule has 0 aromatic heterocycles. The maximum atomic E-state index is 11.5. The summed E-state index contributed by atoms with van der Waals surface area (Å²) in [4.78, 5) is 22.8. The van der Waals surface area contributed by atoms with E-state index in [0.29, 0.717) is 5.02 Å². The van der Waals surface area contributed by atoms with Crippen molar-refractivity contribution in [1.29, 1.82) is 0 Å². The third-order valence-electron chi connectivity index (χ3n) is 2.08. The van der Waals surface area contributed by atoms with Gasteiger partial charge in [-0.15, -0.1) is 0 Å². The van der Waals surface area contributed by atoms with Crippen molar-refractivity contribution in [2.75, 3.05) is 0 Å². The smallest absolute Gasteiger partial charge is 0.203 e. The summed E-state index contributed by atoms with van der Waals surface area (Å²) >= 11 is 5.71. The molecule has 0 bridgehead atoms. The lowest BCUT2D eigenvalue weighted by Crippen LogP contribution is -2.21. The quantitative estimate of drug-likeness (QED) is 0.737. The second-order valence-electron chi connectivity index (χ2n) is 3.75. The number of rotatable bonds is 4. The van der Waals surface area contributed by atoms with Crippen LogP contribution in [-0.2, 0) is 16.0 Å². The van der Waals surface area contributed by atoms with Crippen LogP contribution in [0.2, 0.25) is 5.02 Å². The molecule has 0 heterocycles. The number of benzene rings is 1. The summed E-state index contributed by atoms with van der Waals surface area (Å²) in [5, 5.41) is 0.626. The highest BCUT2D eigenvalue weighted by Gasteiger charge is 2.17. The van der Waals surface area contributed by atoms with E-state index in [4.69, 9.17) is 11.6 Å². The highest BCUT2D eigenvalue weighted by molar-refractivity contribution is 6.38. The molecule has 1 aromatic rings. The van der Waals surface area contributed by atoms with Gasteiger partial charge in [0.15, 0.2) is 0 Å². The molecule has 0 saturated carbocycles. The first kappa shape index (κ1) is 11.9. The van der Waals surface area contributed by atoms with Crippen LogP contribution in [0.1, 0.15) is 19.4 Å². The normalized spacial score (nSPS) is 10.4. The van der Waals surface area contributed by atoms with E-state index in [1.165, 1.54) is 0 Å². The Balaban J connectivity index is 2.67. The topological polar surface area (TPSA) is 34.1 Å². The molecular weight excluding hydrogens is 212 g/mol. The van der Waals surface area contributed by atoms with E-state index < -0.39 is 0 Å². The highest BCUT2D eigenvalue weighted by atomic mass is 35.5. The maximum absolute atomic E-state index is 11.5. The summed E-state index contributed by atoms with van der Waals surface area (Å²) < 4.78 is 0. The van der Waals surface area contributed by atoms with Crippen molar-refractivity contribution < 1.29 is 9.59 Å². The number of carbonyl (C=O) groups is 2. The number of ketones is 2. The molecule has 0 radical (unpaired) electrons. The molecule has 0 atom stereocenters. The molecular formula is C12H13ClO2. The van der Waals surface area contributed by atoms with Gasteiger partial charge in [0.05, 0.1) is 0 Å². The Labute approximate surface area is 94.2 Å². The predicted molar refractivity (Wildman–Crippen MR) is 60.0 cm³/mol. The van der Waals surface area contributed by atoms with Crippen molar-refractivity contribution in [3.8, 4) is 0 Å². The van der Waals surface area contributed by atoms with Crippen LogP contribution in [0.5, 0.6) is 0 Å². The van der Waals surface area contributed by atoms with E-state index in [1.54, 1.807) is 38.1 Å². The van der Waals surface area contributed by atoms with Gasteiger partial charge >= 0.3 is 0 Å². The van der Waals surface area contributed by atoms with Gasteiger partial charge in [-0.05, 0) is 17.7 Å². The molecule has 0 unspecified atom stereocenters. The Kier molecular flexibility index (Phi) is 4.04. The first-order valence-electron chi connectivity index (χ1n) is 4.82. The van der Waals surface area contributed by atoms with E-state index in [-0.39, 0.29) is 23.9 Å². The Morgan fingerprint density at radius 2 is 1.73 bits per heavy atom. The van der Waals surface area contributed by atoms with Crippen LogP contribution in [0, 0.1) is 5.92 Å². The fraction of sp³-hybridized carbons (Fsp3) is 0.333. The second kappa shape index (κ2) is 5.08. The first-order chi connectivity index (χ1) is 7.00. The van der Waals surface area contributed by atoms with Gasteiger partial charge in [0.2, 0.25) is 11.6 Å². The number of halogens is 1. The summed E-state index contributed by atoms with van der Waals surface area (Å²) in [5.41, 5.74) is 0.818. The third-order valence-corrected chi connectivity index (χ3v) is 2.33. The molecule has 3 heteroatoms. The Morgan fingerprint density at radius 3 is 2.20 bits per heavy atom. The molecule has 0 aliphatic heterocycles. The predicted octanol–water partition coefficient (Wildman–Crippen LogP) is 2.68. The van der Waals surface area contributed by atoms with Gasteiger partial charge in [-0.1, -0.05) is 37.6 Å². The Morgan fingerprint density at radius 1 is 1.20 bits per heavy atom. The van der Waals surface area contributed by atoms with E-state index in [1.807, 2.05) is 0 Å². The Bertz CT molecular complexity index is 366. The van der Waals surface area contributed by atoms with E-state index in [9.17, 15) is 9.59 Å². The molecule has 80 valence electrons. The number of hydrogen-bond donors (Lipinski definition) is 0. The van der Waals surface area contributed by atoms with Gasteiger partial charge in [-0.25, -0.2) is 0 Å². The first-order valence-corrected chi connectivity index (χ1v) is 5.20. The van der Waals surface area contributed by atoms with E-state index in [0.717, 1.165) is 5.56 Å². The lowest BCUT2D eigenvalue weighted by atomic mass is 10.00. The minimum Gasteiger partial charge on any atom is -0.291 e. The molecule has 0 aliphatic carbocycles. The lowest BCUT2D eigenvalue weighted by molar-refractivity contribution is -0.138. The van der Waals surface area contributed by atoms with E-state index in [2.05, 4.69) is 0 Å². The van der Waals surface area contributed by atoms with Crippen LogP contribution in [0.15, 0.2) is 24.3 Å². The van der Waals surface area contributed by atoms with Crippen molar-refractivity contribution in [1.82, 2.24) is 0 Å². The molecule has 0 fully saturated rings. The van der Waals surface area contributed by atoms with Gasteiger partial charge in [-0.3, -0.25) is 9.59 Å². The zero-order valence-corrected chi connectivity index (χ0v) is 9.54. The molecule has 2 nitrogen and oxygen atoms in total. The van der Waals surface area contributed by atoms with Crippen molar-refractivity contribution in [2.24, 2.45) is 5.92 Å². The Hall–Kier alpha value is -1.15. The number of carbonyl (C=O) groups excluding carboxylic acids is 2. The molecule has 0 spiro atoms. The van der Waals surface area contributed by atoms with Crippen LogP contribution in [0.25, 0.3) is 0 Å². The van der Waals surface area contributed by atoms with Crippen molar-refractivity contribution in [3.63, 3.8) is 0 Å². The van der Waals surface area contributed by atoms with Crippen LogP contribution in [0.3, 0.4) is 0 Å². The molecule has 0 amide bonds. The SMILES string of the molecule is CC(C)C(=O)C(=O)Cc1ccc(Cl)cc1. The maximum Gasteiger partial charge on any atom is 0.203 e. The minimum atomic E-state index is -0.340. The molecule has 0 aliphatic rings. The average Bonchev–Trinajstić information content (AvgIpc) is 2.20. The van der Waals surface area contributed by atoms with Crippen molar-refractivity contribution >= 4 is 23.2 Å². The van der Waals surface area contributed by atoms with Crippen LogP contribution < -0.4 is 0 Å². The number of hydrogen-bond acceptors (Lipinski definition) is 2. The summed E-state index contributed by atoms with van der Waals surface area (Å²) in [7, 11) is 0. The van der Waals surface area contributed by atoms with Gasteiger partial charge in [0.1, 0.15) is 0 Å². The molecule has 0 N–H and O–H groups in total. The van der Waals surface area contributed by atoms with Crippen LogP contribution in [-0.4, -0.2) is 11.6 Å². The average molecular weight is 225 g/mol. The molecule has 1 rings (SSSR count). The minimum absolute atomic E-state index is 0.161. The zero-order valence-electron chi connectivity index (χ0n) is 8.79. The standard InChI is InChI=1S/C12H13ClO2/c1-8(2)12(15)11(14)7-9-3-5-10(13)6-4-9/h3-6,8H,7H2,1-2H3. The fourth-order valence-corrected chi connectivity index (χ4v) is 1.32. The summed E-state index contributed by atoms with van der Waals surface area (Å²) in [6, 6.07) is 6.94.